The summed E-state index contributed by atoms with van der Waals surface area (Å²) in [6, 6.07) is 53.3. The van der Waals surface area contributed by atoms with Crippen molar-refractivity contribution in [1.82, 2.24) is 0 Å². The predicted octanol–water partition coefficient (Wildman–Crippen LogP) is 11.4. The fourth-order valence-corrected chi connectivity index (χ4v) is 6.86. The van der Waals surface area contributed by atoms with Crippen LogP contribution in [0.25, 0.3) is 76.5 Å². The molecule has 0 N–H and O–H groups in total. The van der Waals surface area contributed by atoms with Crippen molar-refractivity contribution in [1.29, 1.82) is 10.5 Å². The van der Waals surface area contributed by atoms with Crippen LogP contribution in [-0.4, -0.2) is 0 Å². The molecule has 0 bridgehead atoms. The zero-order chi connectivity index (χ0) is 30.5. The standard InChI is InChI=1S/C43H26N2/c1-27-6-4-7-32-8-5-11-34(43(27)32)33-20-21-37-40(22-33)39(31-18-14-29(26-45)15-19-31)24-41-36-10-3-2-9-35(36)38(23-42(37)41)30-16-12-28(25-44)13-17-30/h2-24H,1H3. The van der Waals surface area contributed by atoms with E-state index in [1.807, 2.05) is 36.4 Å². The number of aryl methyl sites for hydroxylation is 1. The van der Waals surface area contributed by atoms with E-state index < -0.39 is 0 Å². The number of nitrogens with zero attached hydrogens (tertiary/aromatic N) is 2. The first-order valence-electron chi connectivity index (χ1n) is 15.0. The topological polar surface area (TPSA) is 47.6 Å². The predicted molar refractivity (Wildman–Crippen MR) is 187 cm³/mol. The molecule has 0 aliphatic rings. The first kappa shape index (κ1) is 26.4. The summed E-state index contributed by atoms with van der Waals surface area (Å²) in [7, 11) is 0. The maximum absolute atomic E-state index is 9.49. The minimum Gasteiger partial charge on any atom is -0.192 e. The normalized spacial score (nSPS) is 11.2. The first-order chi connectivity index (χ1) is 22.1. The first-order valence-corrected chi connectivity index (χ1v) is 15.0. The second kappa shape index (κ2) is 10.5. The van der Waals surface area contributed by atoms with E-state index in [0.717, 1.165) is 27.6 Å². The van der Waals surface area contributed by atoms with Crippen LogP contribution >= 0.6 is 0 Å². The van der Waals surface area contributed by atoms with Crippen LogP contribution in [0, 0.1) is 29.6 Å². The molecule has 45 heavy (non-hydrogen) atoms. The number of hydrogen-bond donors (Lipinski definition) is 0. The van der Waals surface area contributed by atoms with E-state index in [4.69, 9.17) is 0 Å². The molecule has 0 aromatic heterocycles. The van der Waals surface area contributed by atoms with Crippen LogP contribution in [0.5, 0.6) is 0 Å². The van der Waals surface area contributed by atoms with Crippen molar-refractivity contribution in [2.45, 2.75) is 6.92 Å². The van der Waals surface area contributed by atoms with Gasteiger partial charge in [0.1, 0.15) is 0 Å². The van der Waals surface area contributed by atoms with Gasteiger partial charge in [0.05, 0.1) is 23.3 Å². The minimum atomic E-state index is 0.647. The third-order valence-corrected chi connectivity index (χ3v) is 9.05. The number of fused-ring (bicyclic) bond motifs is 6. The summed E-state index contributed by atoms with van der Waals surface area (Å²) in [4.78, 5) is 0. The van der Waals surface area contributed by atoms with Crippen LogP contribution in [0.4, 0.5) is 0 Å². The molecule has 8 rings (SSSR count). The zero-order valence-corrected chi connectivity index (χ0v) is 24.7. The number of benzene rings is 8. The molecule has 0 aliphatic carbocycles. The van der Waals surface area contributed by atoms with Crippen molar-refractivity contribution >= 4 is 43.1 Å². The van der Waals surface area contributed by atoms with Crippen molar-refractivity contribution in [3.63, 3.8) is 0 Å². The summed E-state index contributed by atoms with van der Waals surface area (Å²) < 4.78 is 0. The highest BCUT2D eigenvalue weighted by Gasteiger charge is 2.16. The van der Waals surface area contributed by atoms with Gasteiger partial charge < -0.3 is 0 Å². The Morgan fingerprint density at radius 2 is 0.933 bits per heavy atom. The number of nitriles is 2. The Kier molecular flexibility index (Phi) is 6.16. The Morgan fingerprint density at radius 1 is 0.400 bits per heavy atom. The average molecular weight is 571 g/mol. The summed E-state index contributed by atoms with van der Waals surface area (Å²) in [5.74, 6) is 0. The molecule has 0 spiro atoms. The molecule has 0 atom stereocenters. The Labute approximate surface area is 261 Å². The molecule has 0 fully saturated rings. The summed E-state index contributed by atoms with van der Waals surface area (Å²) in [5, 5.41) is 28.4. The van der Waals surface area contributed by atoms with Crippen LogP contribution in [-0.2, 0) is 0 Å². The zero-order valence-electron chi connectivity index (χ0n) is 24.7. The highest BCUT2D eigenvalue weighted by atomic mass is 14.2. The lowest BCUT2D eigenvalue weighted by atomic mass is 9.86. The molecule has 0 saturated carbocycles. The quantitative estimate of drug-likeness (QED) is 0.198. The highest BCUT2D eigenvalue weighted by Crippen LogP contribution is 2.43. The monoisotopic (exact) mass is 570 g/mol. The fourth-order valence-electron chi connectivity index (χ4n) is 6.86. The van der Waals surface area contributed by atoms with E-state index in [1.54, 1.807) is 0 Å². The van der Waals surface area contributed by atoms with E-state index in [1.165, 1.54) is 54.4 Å². The molecule has 8 aromatic carbocycles. The van der Waals surface area contributed by atoms with Gasteiger partial charge in [-0.2, -0.15) is 10.5 Å². The molecule has 8 aromatic rings. The molecule has 2 nitrogen and oxygen atoms in total. The van der Waals surface area contributed by atoms with E-state index in [9.17, 15) is 10.5 Å². The van der Waals surface area contributed by atoms with Crippen molar-refractivity contribution in [2.24, 2.45) is 0 Å². The lowest BCUT2D eigenvalue weighted by molar-refractivity contribution is 1.48. The number of rotatable bonds is 3. The van der Waals surface area contributed by atoms with Gasteiger partial charge in [0, 0.05) is 0 Å². The Balaban J connectivity index is 1.48. The van der Waals surface area contributed by atoms with E-state index >= 15 is 0 Å². The molecular weight excluding hydrogens is 544 g/mol. The maximum atomic E-state index is 9.49. The summed E-state index contributed by atoms with van der Waals surface area (Å²) in [6.45, 7) is 2.18. The molecule has 0 heterocycles. The van der Waals surface area contributed by atoms with Crippen LogP contribution in [0.15, 0.2) is 140 Å². The van der Waals surface area contributed by atoms with Gasteiger partial charge in [-0.25, -0.2) is 0 Å². The fraction of sp³-hybridized carbons (Fsp3) is 0.0233. The van der Waals surface area contributed by atoms with Gasteiger partial charge in [0.15, 0.2) is 0 Å². The highest BCUT2D eigenvalue weighted by molar-refractivity contribution is 6.24. The van der Waals surface area contributed by atoms with Crippen molar-refractivity contribution < 1.29 is 0 Å². The van der Waals surface area contributed by atoms with E-state index in [2.05, 4.69) is 122 Å². The molecule has 0 aliphatic heterocycles. The molecule has 0 unspecified atom stereocenters. The molecule has 0 amide bonds. The lowest BCUT2D eigenvalue weighted by Gasteiger charge is -2.17. The van der Waals surface area contributed by atoms with Gasteiger partial charge >= 0.3 is 0 Å². The summed E-state index contributed by atoms with van der Waals surface area (Å²) >= 11 is 0. The van der Waals surface area contributed by atoms with Crippen molar-refractivity contribution in [2.75, 3.05) is 0 Å². The lowest BCUT2D eigenvalue weighted by Crippen LogP contribution is -1.91. The van der Waals surface area contributed by atoms with Crippen LogP contribution in [0.2, 0.25) is 0 Å². The molecule has 0 saturated heterocycles. The molecular formula is C43H26N2. The second-order valence-corrected chi connectivity index (χ2v) is 11.6. The smallest absolute Gasteiger partial charge is 0.0991 e. The van der Waals surface area contributed by atoms with Crippen LogP contribution in [0.1, 0.15) is 16.7 Å². The van der Waals surface area contributed by atoms with E-state index in [-0.39, 0.29) is 0 Å². The van der Waals surface area contributed by atoms with Crippen LogP contribution < -0.4 is 0 Å². The van der Waals surface area contributed by atoms with E-state index in [0.29, 0.717) is 11.1 Å². The van der Waals surface area contributed by atoms with Crippen molar-refractivity contribution in [3.05, 3.63) is 156 Å². The average Bonchev–Trinajstić information content (AvgIpc) is 3.10. The molecule has 2 heteroatoms. The second-order valence-electron chi connectivity index (χ2n) is 11.6. The Morgan fingerprint density at radius 3 is 1.56 bits per heavy atom. The van der Waals surface area contributed by atoms with Gasteiger partial charge in [0.2, 0.25) is 0 Å². The largest absolute Gasteiger partial charge is 0.192 e. The third-order valence-electron chi connectivity index (χ3n) is 9.05. The molecule has 0 radical (unpaired) electrons. The summed E-state index contributed by atoms with van der Waals surface area (Å²) in [6.07, 6.45) is 0. The van der Waals surface area contributed by atoms with Gasteiger partial charge in [-0.3, -0.25) is 0 Å². The SMILES string of the molecule is Cc1cccc2cccc(-c3ccc4c(c3)c(-c3ccc(C#N)cc3)cc3c5ccccc5c(-c5ccc(C#N)cc5)cc43)c12. The Hall–Kier alpha value is -6.22. The van der Waals surface area contributed by atoms with Gasteiger partial charge in [-0.15, -0.1) is 0 Å². The maximum Gasteiger partial charge on any atom is 0.0991 e. The third kappa shape index (κ3) is 4.32. The van der Waals surface area contributed by atoms with Gasteiger partial charge in [-0.05, 0) is 131 Å². The van der Waals surface area contributed by atoms with Crippen LogP contribution in [0.3, 0.4) is 0 Å². The number of hydrogen-bond acceptors (Lipinski definition) is 2. The van der Waals surface area contributed by atoms with Crippen molar-refractivity contribution in [3.8, 4) is 45.5 Å². The van der Waals surface area contributed by atoms with Gasteiger partial charge in [0.25, 0.3) is 0 Å². The molecule has 208 valence electrons. The minimum absolute atomic E-state index is 0.647. The summed E-state index contributed by atoms with van der Waals surface area (Å²) in [5.41, 5.74) is 9.38. The van der Waals surface area contributed by atoms with Gasteiger partial charge in [-0.1, -0.05) is 97.1 Å². The Bertz CT molecular complexity index is 2540.